The Bertz CT molecular complexity index is 406. The number of hydrogen-bond donors (Lipinski definition) is 1. The van der Waals surface area contributed by atoms with E-state index in [0.717, 1.165) is 32.4 Å². The van der Waals surface area contributed by atoms with Gasteiger partial charge in [-0.2, -0.15) is 0 Å². The second-order valence-corrected chi connectivity index (χ2v) is 5.26. The van der Waals surface area contributed by atoms with Crippen LogP contribution in [0.2, 0.25) is 0 Å². The molecule has 0 amide bonds. The summed E-state index contributed by atoms with van der Waals surface area (Å²) in [6, 6.07) is 2.15. The molecule has 1 N–H and O–H groups in total. The minimum Gasteiger partial charge on any atom is -0.476 e. The molecular formula is C13H20N2O3. The third kappa shape index (κ3) is 3.10. The summed E-state index contributed by atoms with van der Waals surface area (Å²) in [7, 11) is 0. The highest BCUT2D eigenvalue weighted by atomic mass is 16.5. The first-order valence-electron chi connectivity index (χ1n) is 6.49. The van der Waals surface area contributed by atoms with E-state index in [-0.39, 0.29) is 5.69 Å². The van der Waals surface area contributed by atoms with Gasteiger partial charge in [0.05, 0.1) is 0 Å². The number of carbonyl (C=O) groups is 1. The SMILES string of the molecule is CC(C)N1CCC(Cc2cc(C(=O)O)no2)CC1. The van der Waals surface area contributed by atoms with Crippen molar-refractivity contribution in [3.63, 3.8) is 0 Å². The Morgan fingerprint density at radius 2 is 2.22 bits per heavy atom. The average Bonchev–Trinajstić information content (AvgIpc) is 2.78. The van der Waals surface area contributed by atoms with E-state index >= 15 is 0 Å². The zero-order chi connectivity index (χ0) is 13.1. The van der Waals surface area contributed by atoms with E-state index < -0.39 is 5.97 Å². The molecule has 1 aliphatic heterocycles. The minimum atomic E-state index is -1.03. The molecule has 0 saturated carbocycles. The zero-order valence-corrected chi connectivity index (χ0v) is 10.9. The van der Waals surface area contributed by atoms with E-state index in [4.69, 9.17) is 9.63 Å². The van der Waals surface area contributed by atoms with Gasteiger partial charge in [0.25, 0.3) is 0 Å². The Balaban J connectivity index is 1.85. The summed E-state index contributed by atoms with van der Waals surface area (Å²) in [5.74, 6) is 0.240. The lowest BCUT2D eigenvalue weighted by Crippen LogP contribution is -2.38. The van der Waals surface area contributed by atoms with Crippen LogP contribution in [-0.4, -0.2) is 40.3 Å². The van der Waals surface area contributed by atoms with Crippen molar-refractivity contribution in [2.75, 3.05) is 13.1 Å². The van der Waals surface area contributed by atoms with Crippen molar-refractivity contribution in [2.24, 2.45) is 5.92 Å². The van der Waals surface area contributed by atoms with Crippen molar-refractivity contribution in [3.8, 4) is 0 Å². The van der Waals surface area contributed by atoms with Gasteiger partial charge in [0.2, 0.25) is 0 Å². The number of aromatic nitrogens is 1. The van der Waals surface area contributed by atoms with E-state index in [1.807, 2.05) is 0 Å². The first kappa shape index (κ1) is 13.1. The fraction of sp³-hybridized carbons (Fsp3) is 0.692. The van der Waals surface area contributed by atoms with Crippen molar-refractivity contribution in [1.29, 1.82) is 0 Å². The third-order valence-electron chi connectivity index (χ3n) is 3.65. The van der Waals surface area contributed by atoms with Crippen molar-refractivity contribution < 1.29 is 14.4 Å². The molecule has 2 rings (SSSR count). The normalized spacial score (nSPS) is 18.4. The van der Waals surface area contributed by atoms with Crippen LogP contribution in [0.15, 0.2) is 10.6 Å². The van der Waals surface area contributed by atoms with E-state index in [2.05, 4.69) is 23.9 Å². The van der Waals surface area contributed by atoms with Gasteiger partial charge < -0.3 is 14.5 Å². The number of piperidine rings is 1. The molecule has 5 heteroatoms. The lowest BCUT2D eigenvalue weighted by Gasteiger charge is -2.34. The molecule has 0 radical (unpaired) electrons. The van der Waals surface area contributed by atoms with Crippen LogP contribution >= 0.6 is 0 Å². The lowest BCUT2D eigenvalue weighted by atomic mass is 9.92. The number of carboxylic acid groups (broad SMARTS) is 1. The van der Waals surface area contributed by atoms with Gasteiger partial charge in [0, 0.05) is 18.5 Å². The summed E-state index contributed by atoms with van der Waals surface area (Å²) in [4.78, 5) is 13.2. The molecule has 1 aliphatic rings. The van der Waals surface area contributed by atoms with Crippen LogP contribution < -0.4 is 0 Å². The van der Waals surface area contributed by atoms with Gasteiger partial charge in [-0.3, -0.25) is 0 Å². The summed E-state index contributed by atoms with van der Waals surface area (Å²) < 4.78 is 5.06. The maximum absolute atomic E-state index is 10.7. The molecule has 100 valence electrons. The Morgan fingerprint density at radius 3 is 2.72 bits per heavy atom. The highest BCUT2D eigenvalue weighted by Gasteiger charge is 2.22. The van der Waals surface area contributed by atoms with Crippen LogP contribution in [0.3, 0.4) is 0 Å². The predicted molar refractivity (Wildman–Crippen MR) is 66.6 cm³/mol. The quantitative estimate of drug-likeness (QED) is 0.888. The molecule has 0 atom stereocenters. The van der Waals surface area contributed by atoms with Crippen molar-refractivity contribution in [1.82, 2.24) is 10.1 Å². The second kappa shape index (κ2) is 5.52. The van der Waals surface area contributed by atoms with Gasteiger partial charge in [-0.1, -0.05) is 5.16 Å². The van der Waals surface area contributed by atoms with Gasteiger partial charge in [-0.15, -0.1) is 0 Å². The molecule has 0 aromatic carbocycles. The standard InChI is InChI=1S/C13H20N2O3/c1-9(2)15-5-3-10(4-6-15)7-11-8-12(13(16)17)14-18-11/h8-10H,3-7H2,1-2H3,(H,16,17). The summed E-state index contributed by atoms with van der Waals surface area (Å²) in [6.07, 6.45) is 3.08. The predicted octanol–water partition coefficient (Wildman–Crippen LogP) is 2.04. The summed E-state index contributed by atoms with van der Waals surface area (Å²) in [6.45, 7) is 6.66. The molecule has 0 unspecified atom stereocenters. The largest absolute Gasteiger partial charge is 0.476 e. The van der Waals surface area contributed by atoms with Gasteiger partial charge >= 0.3 is 5.97 Å². The fourth-order valence-corrected chi connectivity index (χ4v) is 2.47. The smallest absolute Gasteiger partial charge is 0.358 e. The molecule has 5 nitrogen and oxygen atoms in total. The Morgan fingerprint density at radius 1 is 1.56 bits per heavy atom. The molecule has 1 aromatic rings. The molecule has 18 heavy (non-hydrogen) atoms. The third-order valence-corrected chi connectivity index (χ3v) is 3.65. The highest BCUT2D eigenvalue weighted by molar-refractivity contribution is 5.85. The number of carboxylic acids is 1. The number of rotatable bonds is 4. The van der Waals surface area contributed by atoms with Gasteiger partial charge in [0.15, 0.2) is 5.69 Å². The van der Waals surface area contributed by atoms with Crippen LogP contribution in [0.25, 0.3) is 0 Å². The summed E-state index contributed by atoms with van der Waals surface area (Å²) >= 11 is 0. The number of likely N-dealkylation sites (tertiary alicyclic amines) is 1. The monoisotopic (exact) mass is 252 g/mol. The molecule has 1 aromatic heterocycles. The Kier molecular flexibility index (Phi) is 4.01. The summed E-state index contributed by atoms with van der Waals surface area (Å²) in [5.41, 5.74) is 0.00427. The van der Waals surface area contributed by atoms with Crippen LogP contribution in [-0.2, 0) is 6.42 Å². The van der Waals surface area contributed by atoms with Gasteiger partial charge in [-0.05, 0) is 45.7 Å². The zero-order valence-electron chi connectivity index (χ0n) is 10.9. The first-order chi connectivity index (χ1) is 8.56. The van der Waals surface area contributed by atoms with Crippen LogP contribution in [0.5, 0.6) is 0 Å². The van der Waals surface area contributed by atoms with Crippen LogP contribution in [0, 0.1) is 5.92 Å². The van der Waals surface area contributed by atoms with Crippen LogP contribution in [0.1, 0.15) is 42.9 Å². The molecule has 1 fully saturated rings. The van der Waals surface area contributed by atoms with Crippen molar-refractivity contribution in [2.45, 2.75) is 39.2 Å². The number of aromatic carboxylic acids is 1. The van der Waals surface area contributed by atoms with E-state index in [1.165, 1.54) is 6.07 Å². The van der Waals surface area contributed by atoms with Crippen LogP contribution in [0.4, 0.5) is 0 Å². The van der Waals surface area contributed by atoms with Crippen molar-refractivity contribution >= 4 is 5.97 Å². The number of hydrogen-bond acceptors (Lipinski definition) is 4. The van der Waals surface area contributed by atoms with Gasteiger partial charge in [-0.25, -0.2) is 4.79 Å². The molecule has 0 aliphatic carbocycles. The Hall–Kier alpha value is -1.36. The Labute approximate surface area is 107 Å². The van der Waals surface area contributed by atoms with E-state index in [9.17, 15) is 4.79 Å². The first-order valence-corrected chi connectivity index (χ1v) is 6.49. The molecule has 0 spiro atoms. The maximum Gasteiger partial charge on any atom is 0.358 e. The van der Waals surface area contributed by atoms with E-state index in [0.29, 0.717) is 17.7 Å². The minimum absolute atomic E-state index is 0.00427. The van der Waals surface area contributed by atoms with Crippen molar-refractivity contribution in [3.05, 3.63) is 17.5 Å². The molecule has 0 bridgehead atoms. The topological polar surface area (TPSA) is 66.6 Å². The van der Waals surface area contributed by atoms with E-state index in [1.54, 1.807) is 0 Å². The highest BCUT2D eigenvalue weighted by Crippen LogP contribution is 2.23. The molecule has 2 heterocycles. The number of nitrogens with zero attached hydrogens (tertiary/aromatic N) is 2. The molecular weight excluding hydrogens is 232 g/mol. The second-order valence-electron chi connectivity index (χ2n) is 5.26. The fourth-order valence-electron chi connectivity index (χ4n) is 2.47. The maximum atomic E-state index is 10.7. The summed E-state index contributed by atoms with van der Waals surface area (Å²) in [5, 5.41) is 12.3. The molecule has 1 saturated heterocycles. The van der Waals surface area contributed by atoms with Gasteiger partial charge in [0.1, 0.15) is 5.76 Å². The average molecular weight is 252 g/mol. The lowest BCUT2D eigenvalue weighted by molar-refractivity contribution is 0.0685.